The third kappa shape index (κ3) is 5.96. The summed E-state index contributed by atoms with van der Waals surface area (Å²) in [6.45, 7) is -0.646. The van der Waals surface area contributed by atoms with E-state index in [0.29, 0.717) is 5.56 Å². The first-order valence-electron chi connectivity index (χ1n) is 5.57. The van der Waals surface area contributed by atoms with Crippen molar-refractivity contribution in [3.8, 4) is 0 Å². The molecule has 0 spiro atoms. The summed E-state index contributed by atoms with van der Waals surface area (Å²) in [4.78, 5) is 42.5. The average molecular weight is 293 g/mol. The molecule has 0 aliphatic heterocycles. The third-order valence-electron chi connectivity index (χ3n) is 2.12. The average Bonchev–Trinajstić information content (AvgIpc) is 2.42. The lowest BCUT2D eigenvalue weighted by Crippen LogP contribution is -2.37. The lowest BCUT2D eigenvalue weighted by Gasteiger charge is -2.01. The number of primary amides is 1. The Morgan fingerprint density at radius 3 is 2.43 bits per heavy atom. The molecule has 1 rings (SSSR count). The van der Waals surface area contributed by atoms with E-state index in [1.807, 2.05) is 0 Å². The summed E-state index contributed by atoms with van der Waals surface area (Å²) in [5.41, 5.74) is 5.16. The Morgan fingerprint density at radius 2 is 1.90 bits per heavy atom. The van der Waals surface area contributed by atoms with Gasteiger partial charge in [-0.15, -0.1) is 0 Å². The number of non-ortho nitro benzene ring substituents is 1. The number of carbonyl (C=O) groups is 3. The van der Waals surface area contributed by atoms with Gasteiger partial charge >= 0.3 is 12.0 Å². The molecule has 0 saturated carbocycles. The molecule has 3 N–H and O–H groups in total. The van der Waals surface area contributed by atoms with Crippen LogP contribution in [-0.2, 0) is 14.3 Å². The van der Waals surface area contributed by atoms with E-state index < -0.39 is 29.4 Å². The van der Waals surface area contributed by atoms with Crippen LogP contribution in [0.15, 0.2) is 30.3 Å². The molecule has 0 heterocycles. The molecule has 1 aromatic carbocycles. The number of nitro groups is 1. The van der Waals surface area contributed by atoms with Gasteiger partial charge in [0.05, 0.1) is 4.92 Å². The number of nitrogens with one attached hydrogen (secondary N) is 1. The number of urea groups is 1. The van der Waals surface area contributed by atoms with E-state index in [1.54, 1.807) is 5.32 Å². The number of nitrogens with zero attached hydrogens (tertiary/aromatic N) is 1. The maximum absolute atomic E-state index is 11.3. The van der Waals surface area contributed by atoms with E-state index in [9.17, 15) is 24.5 Å². The number of ether oxygens (including phenoxy) is 1. The zero-order valence-electron chi connectivity index (χ0n) is 10.6. The van der Waals surface area contributed by atoms with Crippen LogP contribution in [0.25, 0.3) is 6.08 Å². The first-order chi connectivity index (χ1) is 9.88. The van der Waals surface area contributed by atoms with Gasteiger partial charge in [-0.3, -0.25) is 20.2 Å². The Balaban J connectivity index is 2.48. The normalized spacial score (nSPS) is 10.1. The molecule has 0 radical (unpaired) electrons. The molecule has 1 aromatic rings. The maximum atomic E-state index is 11.3. The number of rotatable bonds is 5. The van der Waals surface area contributed by atoms with Gasteiger partial charge in [0, 0.05) is 18.2 Å². The van der Waals surface area contributed by atoms with Crippen LogP contribution in [0.1, 0.15) is 5.56 Å². The summed E-state index contributed by atoms with van der Waals surface area (Å²) >= 11 is 0. The summed E-state index contributed by atoms with van der Waals surface area (Å²) < 4.78 is 4.53. The monoisotopic (exact) mass is 293 g/mol. The second-order valence-electron chi connectivity index (χ2n) is 3.70. The van der Waals surface area contributed by atoms with E-state index >= 15 is 0 Å². The highest BCUT2D eigenvalue weighted by Gasteiger charge is 2.07. The Labute approximate surface area is 118 Å². The van der Waals surface area contributed by atoms with Gasteiger partial charge < -0.3 is 10.5 Å². The highest BCUT2D eigenvalue weighted by molar-refractivity contribution is 5.95. The number of carbonyl (C=O) groups excluding carboxylic acids is 3. The Bertz CT molecular complexity index is 594. The zero-order valence-corrected chi connectivity index (χ0v) is 10.6. The van der Waals surface area contributed by atoms with Crippen molar-refractivity contribution in [3.63, 3.8) is 0 Å². The Kier molecular flexibility index (Phi) is 5.56. The molecule has 9 heteroatoms. The summed E-state index contributed by atoms with van der Waals surface area (Å²) in [7, 11) is 0. The minimum absolute atomic E-state index is 0.0714. The molecule has 9 nitrogen and oxygen atoms in total. The predicted molar refractivity (Wildman–Crippen MR) is 70.8 cm³/mol. The van der Waals surface area contributed by atoms with Gasteiger partial charge in [0.2, 0.25) is 0 Å². The highest BCUT2D eigenvalue weighted by Crippen LogP contribution is 2.12. The number of hydrogen-bond donors (Lipinski definition) is 2. The molecule has 0 saturated heterocycles. The van der Waals surface area contributed by atoms with Crippen LogP contribution >= 0.6 is 0 Å². The number of benzene rings is 1. The molecule has 0 unspecified atom stereocenters. The summed E-state index contributed by atoms with van der Waals surface area (Å²) in [5, 5.41) is 12.2. The smallest absolute Gasteiger partial charge is 0.331 e. The number of hydrogen-bond acceptors (Lipinski definition) is 6. The highest BCUT2D eigenvalue weighted by atomic mass is 16.6. The molecule has 0 atom stereocenters. The number of amides is 3. The fourth-order valence-corrected chi connectivity index (χ4v) is 1.23. The summed E-state index contributed by atoms with van der Waals surface area (Å²) in [6, 6.07) is 4.41. The van der Waals surface area contributed by atoms with Crippen LogP contribution in [0.3, 0.4) is 0 Å². The van der Waals surface area contributed by atoms with Crippen molar-refractivity contribution in [1.29, 1.82) is 0 Å². The van der Waals surface area contributed by atoms with Crippen molar-refractivity contribution in [1.82, 2.24) is 5.32 Å². The fourth-order valence-electron chi connectivity index (χ4n) is 1.23. The number of nitro benzene ring substituents is 1. The van der Waals surface area contributed by atoms with Crippen molar-refractivity contribution >= 4 is 29.7 Å². The summed E-state index contributed by atoms with van der Waals surface area (Å²) in [6.07, 6.45) is 2.40. The molecular weight excluding hydrogens is 282 g/mol. The lowest BCUT2D eigenvalue weighted by molar-refractivity contribution is -0.384. The van der Waals surface area contributed by atoms with Gasteiger partial charge in [-0.25, -0.2) is 9.59 Å². The van der Waals surface area contributed by atoms with Crippen LogP contribution in [0, 0.1) is 10.1 Å². The molecule has 0 fully saturated rings. The molecule has 0 aliphatic rings. The first kappa shape index (κ1) is 15.8. The van der Waals surface area contributed by atoms with Crippen molar-refractivity contribution in [2.75, 3.05) is 6.61 Å². The largest absolute Gasteiger partial charge is 0.452 e. The second-order valence-corrected chi connectivity index (χ2v) is 3.70. The summed E-state index contributed by atoms with van der Waals surface area (Å²) in [5.74, 6) is -1.66. The van der Waals surface area contributed by atoms with E-state index in [0.717, 1.165) is 6.08 Å². The van der Waals surface area contributed by atoms with Crippen molar-refractivity contribution in [2.24, 2.45) is 5.73 Å². The quantitative estimate of drug-likeness (QED) is 0.347. The molecule has 21 heavy (non-hydrogen) atoms. The second kappa shape index (κ2) is 7.38. The molecule has 0 bridgehead atoms. The van der Waals surface area contributed by atoms with Gasteiger partial charge in [-0.1, -0.05) is 0 Å². The van der Waals surface area contributed by atoms with Crippen molar-refractivity contribution < 1.29 is 24.0 Å². The molecule has 3 amide bonds. The first-order valence-corrected chi connectivity index (χ1v) is 5.57. The van der Waals surface area contributed by atoms with Crippen LogP contribution in [0.2, 0.25) is 0 Å². The van der Waals surface area contributed by atoms with Crippen LogP contribution in [0.5, 0.6) is 0 Å². The third-order valence-corrected chi connectivity index (χ3v) is 2.12. The minimum atomic E-state index is -1.04. The lowest BCUT2D eigenvalue weighted by atomic mass is 10.2. The molecule has 0 aliphatic carbocycles. The van der Waals surface area contributed by atoms with E-state index in [1.165, 1.54) is 30.3 Å². The van der Waals surface area contributed by atoms with E-state index in [4.69, 9.17) is 5.73 Å². The minimum Gasteiger partial charge on any atom is -0.452 e. The van der Waals surface area contributed by atoms with Gasteiger partial charge in [0.25, 0.3) is 11.6 Å². The fraction of sp³-hybridized carbons (Fsp3) is 0.0833. The van der Waals surface area contributed by atoms with Gasteiger partial charge in [0.1, 0.15) is 0 Å². The van der Waals surface area contributed by atoms with Gasteiger partial charge in [-0.05, 0) is 23.8 Å². The SMILES string of the molecule is NC(=O)NC(=O)COC(=O)/C=C/c1ccc([N+](=O)[O-])cc1. The molecule has 0 aromatic heterocycles. The predicted octanol–water partition coefficient (Wildman–Crippen LogP) is 0.346. The van der Waals surface area contributed by atoms with Crippen molar-refractivity contribution in [2.45, 2.75) is 0 Å². The van der Waals surface area contributed by atoms with Crippen LogP contribution in [0.4, 0.5) is 10.5 Å². The number of esters is 1. The Hall–Kier alpha value is -3.23. The van der Waals surface area contributed by atoms with Gasteiger partial charge in [-0.2, -0.15) is 0 Å². The van der Waals surface area contributed by atoms with Crippen molar-refractivity contribution in [3.05, 3.63) is 46.0 Å². The van der Waals surface area contributed by atoms with E-state index in [-0.39, 0.29) is 5.69 Å². The Morgan fingerprint density at radius 1 is 1.29 bits per heavy atom. The standard InChI is InChI=1S/C12H11N3O6/c13-12(18)14-10(16)7-21-11(17)6-3-8-1-4-9(5-2-8)15(19)20/h1-6H,7H2,(H3,13,14,16,18)/b6-3+. The van der Waals surface area contributed by atoms with E-state index in [2.05, 4.69) is 4.74 Å². The zero-order chi connectivity index (χ0) is 15.8. The van der Waals surface area contributed by atoms with Crippen LogP contribution < -0.4 is 11.1 Å². The number of imide groups is 1. The topological polar surface area (TPSA) is 142 Å². The van der Waals surface area contributed by atoms with Crippen LogP contribution in [-0.4, -0.2) is 29.4 Å². The van der Waals surface area contributed by atoms with Gasteiger partial charge in [0.15, 0.2) is 6.61 Å². The molecule has 110 valence electrons. The molecular formula is C12H11N3O6. The number of nitrogens with two attached hydrogens (primary N) is 1. The maximum Gasteiger partial charge on any atom is 0.331 e.